The van der Waals surface area contributed by atoms with Crippen LogP contribution in [0.4, 0.5) is 0 Å². The summed E-state index contributed by atoms with van der Waals surface area (Å²) in [6.07, 6.45) is 0.677. The second-order valence-corrected chi connectivity index (χ2v) is 1.89. The van der Waals surface area contributed by atoms with Crippen LogP contribution < -0.4 is 0 Å². The van der Waals surface area contributed by atoms with E-state index < -0.39 is 0 Å². The van der Waals surface area contributed by atoms with Crippen LogP contribution in [0.15, 0.2) is 0 Å². The van der Waals surface area contributed by atoms with Gasteiger partial charge in [-0.25, -0.2) is 0 Å². The van der Waals surface area contributed by atoms with Crippen molar-refractivity contribution >= 4 is 6.41 Å². The molecule has 4 heteroatoms. The third-order valence-corrected chi connectivity index (χ3v) is 0.921. The molecule has 82 valence electrons. The average molecular weight is 193 g/mol. The number of amides is 1. The van der Waals surface area contributed by atoms with E-state index in [0.29, 0.717) is 13.0 Å². The predicted octanol–water partition coefficient (Wildman–Crippen LogP) is 0.746. The normalized spacial score (nSPS) is 7.23. The lowest BCUT2D eigenvalue weighted by Gasteiger charge is -2.04. The van der Waals surface area contributed by atoms with E-state index in [1.54, 1.807) is 14.2 Å². The minimum atomic E-state index is 0.0369. The minimum absolute atomic E-state index is 0.0369. The maximum atomic E-state index is 9.71. The van der Waals surface area contributed by atoms with Crippen LogP contribution in [0.25, 0.3) is 0 Å². The zero-order chi connectivity index (χ0) is 11.1. The largest absolute Gasteiger partial charge is 0.395 e. The van der Waals surface area contributed by atoms with Crippen molar-refractivity contribution in [3.8, 4) is 0 Å². The summed E-state index contributed by atoms with van der Waals surface area (Å²) in [7, 11) is 3.29. The number of carbonyl (C=O) groups excluding carboxylic acids is 1. The Bertz CT molecular complexity index is 77.3. The van der Waals surface area contributed by atoms with Crippen LogP contribution in [0.2, 0.25) is 0 Å². The number of carbonyl (C=O) groups is 1. The van der Waals surface area contributed by atoms with Gasteiger partial charge in [-0.05, 0) is 6.92 Å². The molecule has 0 unspecified atom stereocenters. The van der Waals surface area contributed by atoms with Crippen LogP contribution >= 0.6 is 0 Å². The Balaban J connectivity index is -0.000000142. The van der Waals surface area contributed by atoms with Crippen LogP contribution in [0.5, 0.6) is 0 Å². The van der Waals surface area contributed by atoms with Crippen molar-refractivity contribution in [3.05, 3.63) is 0 Å². The van der Waals surface area contributed by atoms with E-state index in [9.17, 15) is 4.79 Å². The number of hydrogen-bond acceptors (Lipinski definition) is 3. The van der Waals surface area contributed by atoms with E-state index in [4.69, 9.17) is 5.11 Å². The molecule has 0 aliphatic rings. The number of nitrogens with zero attached hydrogens (tertiary/aromatic N) is 1. The summed E-state index contributed by atoms with van der Waals surface area (Å²) < 4.78 is 4.54. The van der Waals surface area contributed by atoms with Crippen molar-refractivity contribution in [1.29, 1.82) is 0 Å². The molecule has 0 rings (SSSR count). The van der Waals surface area contributed by atoms with Gasteiger partial charge in [0, 0.05) is 27.3 Å². The van der Waals surface area contributed by atoms with Crippen molar-refractivity contribution < 1.29 is 14.6 Å². The smallest absolute Gasteiger partial charge is 0.209 e. The Hall–Kier alpha value is -0.610. The van der Waals surface area contributed by atoms with E-state index >= 15 is 0 Å². The summed E-state index contributed by atoms with van der Waals surface area (Å²) in [5.74, 6) is 0. The number of ether oxygens (including phenoxy) is 1. The third kappa shape index (κ3) is 34.6. The molecule has 0 aromatic rings. The molecule has 0 radical (unpaired) electrons. The molecule has 0 bridgehead atoms. The van der Waals surface area contributed by atoms with Crippen LogP contribution in [0.1, 0.15) is 20.8 Å². The van der Waals surface area contributed by atoms with Crippen molar-refractivity contribution in [2.45, 2.75) is 20.8 Å². The monoisotopic (exact) mass is 193 g/mol. The molecule has 0 fully saturated rings. The standard InChI is InChI=1S/C4H9NO2.C3H8O.C2H6/c1-5(4-7)2-3-6;1-3-4-2;1-2/h4,6H,2-3H2,1H3;3H2,1-2H3;1-2H3. The van der Waals surface area contributed by atoms with Gasteiger partial charge in [-0.15, -0.1) is 0 Å². The quantitative estimate of drug-likeness (QED) is 0.670. The number of hydrogen-bond donors (Lipinski definition) is 1. The first-order valence-electron chi connectivity index (χ1n) is 4.48. The maximum absolute atomic E-state index is 9.71. The third-order valence-electron chi connectivity index (χ3n) is 0.921. The van der Waals surface area contributed by atoms with E-state index in [2.05, 4.69) is 4.74 Å². The molecule has 4 nitrogen and oxygen atoms in total. The van der Waals surface area contributed by atoms with Gasteiger partial charge >= 0.3 is 0 Å². The zero-order valence-electron chi connectivity index (χ0n) is 9.41. The van der Waals surface area contributed by atoms with E-state index in [1.165, 1.54) is 4.90 Å². The molecule has 0 aromatic heterocycles. The van der Waals surface area contributed by atoms with E-state index in [-0.39, 0.29) is 6.61 Å². The van der Waals surface area contributed by atoms with Crippen LogP contribution in [-0.4, -0.2) is 50.3 Å². The van der Waals surface area contributed by atoms with Crippen LogP contribution in [-0.2, 0) is 9.53 Å². The number of methoxy groups -OCH3 is 1. The zero-order valence-corrected chi connectivity index (χ0v) is 9.41. The number of aliphatic hydroxyl groups is 1. The Kier molecular flexibility index (Phi) is 31.6. The maximum Gasteiger partial charge on any atom is 0.209 e. The first-order chi connectivity index (χ1) is 6.22. The van der Waals surface area contributed by atoms with Gasteiger partial charge in [-0.3, -0.25) is 4.79 Å². The summed E-state index contributed by atoms with van der Waals surface area (Å²) in [6.45, 7) is 7.23. The van der Waals surface area contributed by atoms with Gasteiger partial charge in [0.05, 0.1) is 6.61 Å². The van der Waals surface area contributed by atoms with Gasteiger partial charge in [0.2, 0.25) is 6.41 Å². The molecule has 0 aliphatic heterocycles. The van der Waals surface area contributed by atoms with Crippen molar-refractivity contribution in [1.82, 2.24) is 4.90 Å². The highest BCUT2D eigenvalue weighted by molar-refractivity contribution is 5.46. The van der Waals surface area contributed by atoms with Gasteiger partial charge < -0.3 is 14.7 Å². The first-order valence-corrected chi connectivity index (χ1v) is 4.48. The summed E-state index contributed by atoms with van der Waals surface area (Å²) in [5.41, 5.74) is 0. The lowest BCUT2D eigenvalue weighted by atomic mass is 10.6. The molecule has 13 heavy (non-hydrogen) atoms. The number of likely N-dealkylation sites (N-methyl/N-ethyl adjacent to an activating group) is 1. The molecule has 0 saturated heterocycles. The summed E-state index contributed by atoms with van der Waals surface area (Å²) in [5, 5.41) is 8.17. The van der Waals surface area contributed by atoms with Crippen molar-refractivity contribution in [2.24, 2.45) is 0 Å². The Morgan fingerprint density at radius 1 is 1.46 bits per heavy atom. The Morgan fingerprint density at radius 3 is 1.92 bits per heavy atom. The Labute approximate surface area is 81.5 Å². The summed E-state index contributed by atoms with van der Waals surface area (Å²) >= 11 is 0. The molecule has 0 spiro atoms. The van der Waals surface area contributed by atoms with Gasteiger partial charge in [-0.2, -0.15) is 0 Å². The SMILES string of the molecule is CC.CCOC.CN(C=O)CCO. The second-order valence-electron chi connectivity index (χ2n) is 1.89. The fourth-order valence-electron chi connectivity index (χ4n) is 0.210. The molecule has 1 amide bonds. The summed E-state index contributed by atoms with van der Waals surface area (Å²) in [6, 6.07) is 0. The number of rotatable bonds is 4. The second kappa shape index (κ2) is 22.5. The fourth-order valence-corrected chi connectivity index (χ4v) is 0.210. The highest BCUT2D eigenvalue weighted by Gasteiger charge is 1.85. The summed E-state index contributed by atoms with van der Waals surface area (Å²) in [4.78, 5) is 11.1. The van der Waals surface area contributed by atoms with Crippen molar-refractivity contribution in [2.75, 3.05) is 33.9 Å². The minimum Gasteiger partial charge on any atom is -0.395 e. The molecular weight excluding hydrogens is 170 g/mol. The van der Waals surface area contributed by atoms with Gasteiger partial charge in [-0.1, -0.05) is 13.8 Å². The highest BCUT2D eigenvalue weighted by Crippen LogP contribution is 1.68. The lowest BCUT2D eigenvalue weighted by Crippen LogP contribution is -2.19. The number of aliphatic hydroxyl groups excluding tert-OH is 1. The average Bonchev–Trinajstić information content (AvgIpc) is 2.21. The first kappa shape index (κ1) is 18.2. The molecular formula is C9H23NO3. The van der Waals surface area contributed by atoms with E-state index in [1.807, 2.05) is 20.8 Å². The van der Waals surface area contributed by atoms with Crippen molar-refractivity contribution in [3.63, 3.8) is 0 Å². The van der Waals surface area contributed by atoms with Gasteiger partial charge in [0.15, 0.2) is 0 Å². The molecule has 0 aliphatic carbocycles. The molecule has 1 N–H and O–H groups in total. The molecule has 0 heterocycles. The van der Waals surface area contributed by atoms with Crippen LogP contribution in [0, 0.1) is 0 Å². The fraction of sp³-hybridized carbons (Fsp3) is 0.889. The highest BCUT2D eigenvalue weighted by atomic mass is 16.5. The van der Waals surface area contributed by atoms with Gasteiger partial charge in [0.1, 0.15) is 0 Å². The molecule has 0 saturated carbocycles. The Morgan fingerprint density at radius 2 is 1.85 bits per heavy atom. The molecule has 0 aromatic carbocycles. The van der Waals surface area contributed by atoms with E-state index in [0.717, 1.165) is 6.61 Å². The van der Waals surface area contributed by atoms with Gasteiger partial charge in [0.25, 0.3) is 0 Å². The molecule has 0 atom stereocenters. The lowest BCUT2D eigenvalue weighted by molar-refractivity contribution is -0.117. The van der Waals surface area contributed by atoms with Crippen LogP contribution in [0.3, 0.4) is 0 Å². The topological polar surface area (TPSA) is 49.8 Å². The predicted molar refractivity (Wildman–Crippen MR) is 54.7 cm³/mol.